The summed E-state index contributed by atoms with van der Waals surface area (Å²) in [5, 5.41) is 5.48. The van der Waals surface area contributed by atoms with E-state index in [1.165, 1.54) is 44.9 Å². The van der Waals surface area contributed by atoms with Crippen LogP contribution in [0.2, 0.25) is 0 Å². The zero-order chi connectivity index (χ0) is 12.6. The summed E-state index contributed by atoms with van der Waals surface area (Å²) in [5.41, 5.74) is 0. The molecule has 2 N–H and O–H groups in total. The Hall–Kier alpha value is -0.480. The van der Waals surface area contributed by atoms with Crippen LogP contribution < -0.4 is 5.32 Å². The molecule has 0 spiro atoms. The third-order valence-electron chi connectivity index (χ3n) is 3.60. The molecule has 102 valence electrons. The number of imidazole rings is 1. The molecule has 1 aliphatic carbocycles. The fourth-order valence-corrected chi connectivity index (χ4v) is 3.84. The lowest BCUT2D eigenvalue weighted by atomic mass is 9.96. The van der Waals surface area contributed by atoms with Gasteiger partial charge in [0.25, 0.3) is 0 Å². The van der Waals surface area contributed by atoms with Gasteiger partial charge in [0, 0.05) is 23.7 Å². The third kappa shape index (κ3) is 4.32. The molecule has 1 fully saturated rings. The van der Waals surface area contributed by atoms with E-state index in [4.69, 9.17) is 0 Å². The lowest BCUT2D eigenvalue weighted by Crippen LogP contribution is -2.39. The van der Waals surface area contributed by atoms with Gasteiger partial charge in [-0.15, -0.1) is 0 Å². The molecule has 2 rings (SSSR count). The number of aromatic nitrogens is 2. The predicted molar refractivity (Wildman–Crippen MR) is 78.0 cm³/mol. The van der Waals surface area contributed by atoms with Crippen molar-refractivity contribution in [2.24, 2.45) is 0 Å². The number of nitrogens with one attached hydrogen (secondary N) is 2. The molecule has 0 saturated heterocycles. The average Bonchev–Trinajstić information content (AvgIpc) is 2.85. The number of hydrogen-bond acceptors (Lipinski definition) is 3. The highest BCUT2D eigenvalue weighted by atomic mass is 32.2. The Balaban J connectivity index is 1.94. The van der Waals surface area contributed by atoms with E-state index in [-0.39, 0.29) is 0 Å². The molecule has 0 aromatic carbocycles. The van der Waals surface area contributed by atoms with Gasteiger partial charge in [0.05, 0.1) is 0 Å². The summed E-state index contributed by atoms with van der Waals surface area (Å²) in [5.74, 6) is 0. The molecule has 2 unspecified atom stereocenters. The first kappa shape index (κ1) is 13.9. The number of hydrogen-bond donors (Lipinski definition) is 2. The Morgan fingerprint density at radius 1 is 1.33 bits per heavy atom. The number of thioether (sulfide) groups is 1. The number of rotatable bonds is 5. The molecular formula is C14H25N3S. The van der Waals surface area contributed by atoms with Crippen LogP contribution in [0, 0.1) is 0 Å². The van der Waals surface area contributed by atoms with Crippen molar-refractivity contribution in [3.8, 4) is 0 Å². The highest BCUT2D eigenvalue weighted by Crippen LogP contribution is 2.30. The molecule has 1 aromatic heterocycles. The van der Waals surface area contributed by atoms with Gasteiger partial charge in [-0.1, -0.05) is 44.4 Å². The molecule has 1 aromatic rings. The first-order chi connectivity index (χ1) is 8.90. The maximum atomic E-state index is 4.36. The van der Waals surface area contributed by atoms with Gasteiger partial charge < -0.3 is 10.3 Å². The van der Waals surface area contributed by atoms with Crippen molar-refractivity contribution in [3.05, 3.63) is 12.4 Å². The van der Waals surface area contributed by atoms with Crippen LogP contribution in [0.15, 0.2) is 17.6 Å². The van der Waals surface area contributed by atoms with Crippen molar-refractivity contribution >= 4 is 11.8 Å². The monoisotopic (exact) mass is 267 g/mol. The van der Waals surface area contributed by atoms with Gasteiger partial charge >= 0.3 is 0 Å². The average molecular weight is 267 g/mol. The summed E-state index contributed by atoms with van der Waals surface area (Å²) in [6, 6.07) is 0.653. The van der Waals surface area contributed by atoms with E-state index in [0.717, 1.165) is 11.7 Å². The topological polar surface area (TPSA) is 40.7 Å². The fourth-order valence-electron chi connectivity index (χ4n) is 2.61. The molecule has 0 radical (unpaired) electrons. The van der Waals surface area contributed by atoms with Crippen molar-refractivity contribution < 1.29 is 0 Å². The van der Waals surface area contributed by atoms with Gasteiger partial charge in [-0.2, -0.15) is 0 Å². The van der Waals surface area contributed by atoms with E-state index in [2.05, 4.69) is 22.2 Å². The van der Waals surface area contributed by atoms with E-state index in [9.17, 15) is 0 Å². The molecule has 18 heavy (non-hydrogen) atoms. The summed E-state index contributed by atoms with van der Waals surface area (Å²) in [4.78, 5) is 7.58. The second-order valence-electron chi connectivity index (χ2n) is 5.10. The molecule has 0 bridgehead atoms. The summed E-state index contributed by atoms with van der Waals surface area (Å²) < 4.78 is 0. The fraction of sp³-hybridized carbons (Fsp3) is 0.786. The molecule has 1 saturated carbocycles. The second-order valence-corrected chi connectivity index (χ2v) is 6.33. The van der Waals surface area contributed by atoms with Crippen LogP contribution >= 0.6 is 11.8 Å². The lowest BCUT2D eigenvalue weighted by molar-refractivity contribution is 0.399. The summed E-state index contributed by atoms with van der Waals surface area (Å²) in [6.45, 7) is 3.38. The second kappa shape index (κ2) is 7.85. The van der Waals surface area contributed by atoms with E-state index in [0.29, 0.717) is 11.3 Å². The van der Waals surface area contributed by atoms with E-state index < -0.39 is 0 Å². The Morgan fingerprint density at radius 2 is 2.17 bits per heavy atom. The quantitative estimate of drug-likeness (QED) is 0.856. The van der Waals surface area contributed by atoms with Crippen LogP contribution in [0.1, 0.15) is 51.9 Å². The summed E-state index contributed by atoms with van der Waals surface area (Å²) >= 11 is 1.92. The maximum absolute atomic E-state index is 4.36. The predicted octanol–water partition coefficient (Wildman–Crippen LogP) is 3.59. The minimum atomic E-state index is 0.653. The molecular weight excluding hydrogens is 242 g/mol. The Labute approximate surface area is 115 Å². The van der Waals surface area contributed by atoms with E-state index in [1.54, 1.807) is 0 Å². The number of nitrogens with zero attached hydrogens (tertiary/aromatic N) is 1. The third-order valence-corrected chi connectivity index (χ3v) is 4.91. The first-order valence-corrected chi connectivity index (χ1v) is 8.17. The zero-order valence-electron chi connectivity index (χ0n) is 11.3. The van der Waals surface area contributed by atoms with Crippen molar-refractivity contribution in [2.75, 3.05) is 6.54 Å². The van der Waals surface area contributed by atoms with Gasteiger partial charge in [-0.3, -0.25) is 0 Å². The SMILES string of the molecule is CCCNC1CCCCCCC1Sc1ncc[nH]1. The van der Waals surface area contributed by atoms with Crippen LogP contribution in [0.3, 0.4) is 0 Å². The van der Waals surface area contributed by atoms with Crippen molar-refractivity contribution in [1.82, 2.24) is 15.3 Å². The lowest BCUT2D eigenvalue weighted by Gasteiger charge is -2.29. The van der Waals surface area contributed by atoms with Crippen LogP contribution in [-0.2, 0) is 0 Å². The summed E-state index contributed by atoms with van der Waals surface area (Å²) in [6.07, 6.45) is 13.1. The molecule has 3 nitrogen and oxygen atoms in total. The van der Waals surface area contributed by atoms with Crippen LogP contribution in [-0.4, -0.2) is 27.8 Å². The van der Waals surface area contributed by atoms with Gasteiger partial charge in [0.2, 0.25) is 0 Å². The van der Waals surface area contributed by atoms with Gasteiger partial charge in [-0.05, 0) is 25.8 Å². The molecule has 1 heterocycles. The Bertz CT molecular complexity index is 311. The largest absolute Gasteiger partial charge is 0.340 e. The Kier molecular flexibility index (Phi) is 6.08. The van der Waals surface area contributed by atoms with E-state index >= 15 is 0 Å². The smallest absolute Gasteiger partial charge is 0.165 e. The van der Waals surface area contributed by atoms with Crippen LogP contribution in [0.25, 0.3) is 0 Å². The normalized spacial score (nSPS) is 25.6. The van der Waals surface area contributed by atoms with Gasteiger partial charge in [0.15, 0.2) is 5.16 Å². The van der Waals surface area contributed by atoms with Crippen LogP contribution in [0.5, 0.6) is 0 Å². The standard InChI is InChI=1S/C14H25N3S/c1-2-9-15-12-7-5-3-4-6-8-13(12)18-14-16-10-11-17-14/h10-13,15H,2-9H2,1H3,(H,16,17). The first-order valence-electron chi connectivity index (χ1n) is 7.29. The van der Waals surface area contributed by atoms with Gasteiger partial charge in [-0.25, -0.2) is 4.98 Å². The van der Waals surface area contributed by atoms with E-state index in [1.807, 2.05) is 24.2 Å². The molecule has 2 atom stereocenters. The van der Waals surface area contributed by atoms with Crippen molar-refractivity contribution in [1.29, 1.82) is 0 Å². The number of H-pyrrole nitrogens is 1. The molecule has 1 aliphatic rings. The highest BCUT2D eigenvalue weighted by Gasteiger charge is 2.23. The molecule has 4 heteroatoms. The minimum absolute atomic E-state index is 0.653. The number of aromatic amines is 1. The highest BCUT2D eigenvalue weighted by molar-refractivity contribution is 7.99. The van der Waals surface area contributed by atoms with Crippen molar-refractivity contribution in [3.63, 3.8) is 0 Å². The Morgan fingerprint density at radius 3 is 2.89 bits per heavy atom. The molecule has 0 amide bonds. The van der Waals surface area contributed by atoms with Crippen LogP contribution in [0.4, 0.5) is 0 Å². The van der Waals surface area contributed by atoms with Gasteiger partial charge in [0.1, 0.15) is 0 Å². The zero-order valence-corrected chi connectivity index (χ0v) is 12.1. The van der Waals surface area contributed by atoms with Crippen molar-refractivity contribution in [2.45, 2.75) is 68.3 Å². The minimum Gasteiger partial charge on any atom is -0.340 e. The maximum Gasteiger partial charge on any atom is 0.165 e. The molecule has 0 aliphatic heterocycles. The summed E-state index contributed by atoms with van der Waals surface area (Å²) in [7, 11) is 0.